The van der Waals surface area contributed by atoms with Crippen molar-refractivity contribution in [2.24, 2.45) is 0 Å². The zero-order chi connectivity index (χ0) is 13.9. The van der Waals surface area contributed by atoms with E-state index in [9.17, 15) is 9.59 Å². The normalized spacial score (nSPS) is 16.7. The van der Waals surface area contributed by atoms with Crippen molar-refractivity contribution in [2.45, 2.75) is 37.8 Å². The number of hydrogen-bond acceptors (Lipinski definition) is 4. The van der Waals surface area contributed by atoms with E-state index in [0.29, 0.717) is 25.2 Å². The van der Waals surface area contributed by atoms with Crippen LogP contribution >= 0.6 is 0 Å². The number of nitrogens with one attached hydrogen (secondary N) is 1. The molecule has 0 aliphatic heterocycles. The number of methoxy groups -OCH3 is 1. The third kappa shape index (κ3) is 3.14. The maximum absolute atomic E-state index is 12.0. The zero-order valence-electron chi connectivity index (χ0n) is 10.8. The number of carboxylic acid groups (broad SMARTS) is 1. The van der Waals surface area contributed by atoms with Crippen LogP contribution in [0, 0.1) is 0 Å². The van der Waals surface area contributed by atoms with Crippen molar-refractivity contribution in [1.29, 1.82) is 0 Å². The monoisotopic (exact) mass is 267 g/mol. The summed E-state index contributed by atoms with van der Waals surface area (Å²) in [4.78, 5) is 22.8. The average molecular weight is 267 g/mol. The van der Waals surface area contributed by atoms with Gasteiger partial charge >= 0.3 is 5.97 Å². The molecule has 1 fully saturated rings. The van der Waals surface area contributed by atoms with Crippen molar-refractivity contribution in [3.05, 3.63) is 23.7 Å². The summed E-state index contributed by atoms with van der Waals surface area (Å²) in [7, 11) is 1.54. The van der Waals surface area contributed by atoms with Crippen LogP contribution in [0.1, 0.15) is 42.0 Å². The highest BCUT2D eigenvalue weighted by molar-refractivity contribution is 5.92. The molecule has 0 saturated heterocycles. The first-order chi connectivity index (χ1) is 9.04. The highest BCUT2D eigenvalue weighted by Crippen LogP contribution is 2.35. The van der Waals surface area contributed by atoms with Gasteiger partial charge in [-0.05, 0) is 31.4 Å². The van der Waals surface area contributed by atoms with E-state index in [4.69, 9.17) is 14.3 Å². The third-order valence-corrected chi connectivity index (χ3v) is 3.35. The van der Waals surface area contributed by atoms with Crippen molar-refractivity contribution in [3.8, 4) is 0 Å². The molecule has 6 heteroatoms. The second kappa shape index (κ2) is 5.44. The molecule has 1 aromatic rings. The van der Waals surface area contributed by atoms with E-state index in [2.05, 4.69) is 5.32 Å². The standard InChI is InChI=1S/C13H17NO5/c1-18-8-9-3-4-10(19-9)12(17)14-13(5-2-6-13)7-11(15)16/h3-4H,2,5-8H2,1H3,(H,14,17)(H,15,16). The van der Waals surface area contributed by atoms with Gasteiger partial charge in [0.05, 0.1) is 12.0 Å². The number of carbonyl (C=O) groups excluding carboxylic acids is 1. The predicted molar refractivity (Wildman–Crippen MR) is 65.7 cm³/mol. The Morgan fingerprint density at radius 2 is 2.21 bits per heavy atom. The lowest BCUT2D eigenvalue weighted by atomic mass is 9.74. The van der Waals surface area contributed by atoms with Crippen LogP contribution in [0.25, 0.3) is 0 Å². The van der Waals surface area contributed by atoms with Gasteiger partial charge in [0.15, 0.2) is 5.76 Å². The van der Waals surface area contributed by atoms with Gasteiger partial charge < -0.3 is 19.6 Å². The number of furan rings is 1. The lowest BCUT2D eigenvalue weighted by molar-refractivity contribution is -0.139. The summed E-state index contributed by atoms with van der Waals surface area (Å²) >= 11 is 0. The van der Waals surface area contributed by atoms with Crippen LogP contribution < -0.4 is 5.32 Å². The molecule has 0 unspecified atom stereocenters. The van der Waals surface area contributed by atoms with Gasteiger partial charge in [0.2, 0.25) is 0 Å². The second-order valence-electron chi connectivity index (χ2n) is 4.86. The Morgan fingerprint density at radius 1 is 1.47 bits per heavy atom. The molecule has 1 aromatic heterocycles. The van der Waals surface area contributed by atoms with Gasteiger partial charge in [-0.2, -0.15) is 0 Å². The number of rotatable bonds is 6. The van der Waals surface area contributed by atoms with E-state index in [1.54, 1.807) is 19.2 Å². The van der Waals surface area contributed by atoms with E-state index >= 15 is 0 Å². The second-order valence-corrected chi connectivity index (χ2v) is 4.86. The van der Waals surface area contributed by atoms with Gasteiger partial charge in [-0.25, -0.2) is 0 Å². The molecule has 0 bridgehead atoms. The van der Waals surface area contributed by atoms with Gasteiger partial charge in [-0.3, -0.25) is 9.59 Å². The fourth-order valence-corrected chi connectivity index (χ4v) is 2.26. The predicted octanol–water partition coefficient (Wildman–Crippen LogP) is 1.55. The number of aliphatic carboxylic acids is 1. The van der Waals surface area contributed by atoms with Crippen LogP contribution in [0.3, 0.4) is 0 Å². The van der Waals surface area contributed by atoms with Crippen molar-refractivity contribution in [1.82, 2.24) is 5.32 Å². The van der Waals surface area contributed by atoms with Crippen LogP contribution in [0.15, 0.2) is 16.5 Å². The van der Waals surface area contributed by atoms with Gasteiger partial charge in [0.25, 0.3) is 5.91 Å². The van der Waals surface area contributed by atoms with Gasteiger partial charge in [0, 0.05) is 7.11 Å². The Labute approximate surface area is 110 Å². The van der Waals surface area contributed by atoms with Crippen molar-refractivity contribution >= 4 is 11.9 Å². The molecule has 1 aliphatic rings. The summed E-state index contributed by atoms with van der Waals surface area (Å²) in [6.07, 6.45) is 2.26. The van der Waals surface area contributed by atoms with Crippen molar-refractivity contribution < 1.29 is 23.8 Å². The minimum Gasteiger partial charge on any atom is -0.481 e. The summed E-state index contributed by atoms with van der Waals surface area (Å²) in [6, 6.07) is 3.24. The van der Waals surface area contributed by atoms with Crippen LogP contribution in [0.5, 0.6) is 0 Å². The molecule has 2 N–H and O–H groups in total. The number of carbonyl (C=O) groups is 2. The Morgan fingerprint density at radius 3 is 2.74 bits per heavy atom. The Kier molecular flexibility index (Phi) is 3.90. The molecule has 0 atom stereocenters. The summed E-state index contributed by atoms with van der Waals surface area (Å²) in [5.41, 5.74) is -0.614. The topological polar surface area (TPSA) is 88.8 Å². The Balaban J connectivity index is 2.00. The fourth-order valence-electron chi connectivity index (χ4n) is 2.26. The van der Waals surface area contributed by atoms with Gasteiger partial charge in [-0.1, -0.05) is 0 Å². The van der Waals surface area contributed by atoms with E-state index in [1.165, 1.54) is 0 Å². The molecule has 6 nitrogen and oxygen atoms in total. The molecule has 1 heterocycles. The first-order valence-corrected chi connectivity index (χ1v) is 6.17. The Bertz CT molecular complexity index is 475. The third-order valence-electron chi connectivity index (χ3n) is 3.35. The number of hydrogen-bond donors (Lipinski definition) is 2. The number of amides is 1. The quantitative estimate of drug-likeness (QED) is 0.816. The number of ether oxygens (including phenoxy) is 1. The summed E-state index contributed by atoms with van der Waals surface area (Å²) in [5, 5.41) is 11.7. The molecule has 0 radical (unpaired) electrons. The highest BCUT2D eigenvalue weighted by Gasteiger charge is 2.40. The maximum Gasteiger partial charge on any atom is 0.305 e. The van der Waals surface area contributed by atoms with Crippen molar-refractivity contribution in [3.63, 3.8) is 0 Å². The number of carboxylic acids is 1. The van der Waals surface area contributed by atoms with Gasteiger partial charge in [0.1, 0.15) is 12.4 Å². The summed E-state index contributed by atoms with van der Waals surface area (Å²) in [5.74, 6) is -0.528. The van der Waals surface area contributed by atoms with Crippen LogP contribution in [0.2, 0.25) is 0 Å². The molecule has 2 rings (SSSR count). The van der Waals surface area contributed by atoms with Gasteiger partial charge in [-0.15, -0.1) is 0 Å². The molecule has 1 aliphatic carbocycles. The van der Waals surface area contributed by atoms with E-state index < -0.39 is 11.5 Å². The summed E-state index contributed by atoms with van der Waals surface area (Å²) in [6.45, 7) is 0.299. The van der Waals surface area contributed by atoms with Crippen LogP contribution in [0.4, 0.5) is 0 Å². The van der Waals surface area contributed by atoms with E-state index in [0.717, 1.165) is 6.42 Å². The molecule has 19 heavy (non-hydrogen) atoms. The van der Waals surface area contributed by atoms with Crippen LogP contribution in [-0.4, -0.2) is 29.6 Å². The van der Waals surface area contributed by atoms with Crippen molar-refractivity contribution in [2.75, 3.05) is 7.11 Å². The molecule has 104 valence electrons. The molecule has 1 saturated carbocycles. The SMILES string of the molecule is COCc1ccc(C(=O)NC2(CC(=O)O)CCC2)o1. The lowest BCUT2D eigenvalue weighted by Crippen LogP contribution is -2.54. The molecular formula is C13H17NO5. The van der Waals surface area contributed by atoms with Crippen LogP contribution in [-0.2, 0) is 16.1 Å². The molecular weight excluding hydrogens is 250 g/mol. The Hall–Kier alpha value is -1.82. The first-order valence-electron chi connectivity index (χ1n) is 6.17. The molecule has 0 aromatic carbocycles. The highest BCUT2D eigenvalue weighted by atomic mass is 16.5. The lowest BCUT2D eigenvalue weighted by Gasteiger charge is -2.41. The van der Waals surface area contributed by atoms with E-state index in [1.807, 2.05) is 0 Å². The minimum atomic E-state index is -0.903. The summed E-state index contributed by atoms with van der Waals surface area (Å²) < 4.78 is 10.2. The fraction of sp³-hybridized carbons (Fsp3) is 0.538. The average Bonchev–Trinajstić information content (AvgIpc) is 2.74. The zero-order valence-corrected chi connectivity index (χ0v) is 10.8. The first kappa shape index (κ1) is 13.6. The smallest absolute Gasteiger partial charge is 0.305 e. The maximum atomic E-state index is 12.0. The minimum absolute atomic E-state index is 0.0512. The largest absolute Gasteiger partial charge is 0.481 e. The molecule has 1 amide bonds. The molecule has 0 spiro atoms. The van der Waals surface area contributed by atoms with E-state index in [-0.39, 0.29) is 18.1 Å².